The third kappa shape index (κ3) is 2.26. The number of hydrogen-bond acceptors (Lipinski definition) is 2. The predicted molar refractivity (Wildman–Crippen MR) is 81.2 cm³/mol. The summed E-state index contributed by atoms with van der Waals surface area (Å²) in [5, 5.41) is 8.90. The average molecular weight is 382 g/mol. The lowest BCUT2D eigenvalue weighted by atomic mass is 10.2. The molecule has 0 spiro atoms. The van der Waals surface area contributed by atoms with Crippen molar-refractivity contribution in [2.24, 2.45) is 0 Å². The molecular formula is C14H8FIN2O2. The van der Waals surface area contributed by atoms with E-state index in [1.54, 1.807) is 0 Å². The highest BCUT2D eigenvalue weighted by Gasteiger charge is 2.14. The zero-order valence-corrected chi connectivity index (χ0v) is 12.2. The Labute approximate surface area is 126 Å². The normalized spacial score (nSPS) is 10.9. The number of aromatic carboxylic acids is 1. The first-order valence-corrected chi connectivity index (χ1v) is 6.81. The van der Waals surface area contributed by atoms with Crippen LogP contribution in [0.1, 0.15) is 10.4 Å². The number of nitrogens with one attached hydrogen (secondary N) is 1. The SMILES string of the molecule is O=C(O)c1cc2nc(-c3ccc(I)cc3)[nH]c2cc1F. The number of aromatic nitrogens is 2. The van der Waals surface area contributed by atoms with Gasteiger partial charge >= 0.3 is 5.97 Å². The molecule has 0 saturated carbocycles. The molecule has 0 bridgehead atoms. The van der Waals surface area contributed by atoms with Gasteiger partial charge in [0.15, 0.2) is 0 Å². The van der Waals surface area contributed by atoms with E-state index in [2.05, 4.69) is 32.6 Å². The van der Waals surface area contributed by atoms with Crippen molar-refractivity contribution >= 4 is 39.6 Å². The summed E-state index contributed by atoms with van der Waals surface area (Å²) in [6.45, 7) is 0. The van der Waals surface area contributed by atoms with E-state index in [1.807, 2.05) is 24.3 Å². The lowest BCUT2D eigenvalue weighted by Crippen LogP contribution is -1.99. The van der Waals surface area contributed by atoms with E-state index in [4.69, 9.17) is 5.11 Å². The van der Waals surface area contributed by atoms with Gasteiger partial charge in [-0.2, -0.15) is 0 Å². The second-order valence-electron chi connectivity index (χ2n) is 4.25. The molecule has 6 heteroatoms. The second kappa shape index (κ2) is 4.86. The summed E-state index contributed by atoms with van der Waals surface area (Å²) in [6.07, 6.45) is 0. The van der Waals surface area contributed by atoms with E-state index >= 15 is 0 Å². The van der Waals surface area contributed by atoms with Gasteiger partial charge in [-0.1, -0.05) is 12.1 Å². The fourth-order valence-corrected chi connectivity index (χ4v) is 2.30. The molecule has 2 N–H and O–H groups in total. The van der Waals surface area contributed by atoms with Gasteiger partial charge in [-0.05, 0) is 40.8 Å². The predicted octanol–water partition coefficient (Wildman–Crippen LogP) is 3.67. The first-order chi connectivity index (χ1) is 9.54. The Morgan fingerprint density at radius 2 is 1.95 bits per heavy atom. The molecule has 4 nitrogen and oxygen atoms in total. The van der Waals surface area contributed by atoms with Crippen molar-refractivity contribution < 1.29 is 14.3 Å². The molecule has 0 atom stereocenters. The minimum absolute atomic E-state index is 0.377. The Morgan fingerprint density at radius 3 is 2.60 bits per heavy atom. The van der Waals surface area contributed by atoms with Gasteiger partial charge in [-0.25, -0.2) is 14.2 Å². The van der Waals surface area contributed by atoms with Crippen LogP contribution in [0.5, 0.6) is 0 Å². The number of fused-ring (bicyclic) bond motifs is 1. The largest absolute Gasteiger partial charge is 0.478 e. The molecule has 3 rings (SSSR count). The van der Waals surface area contributed by atoms with Crippen molar-refractivity contribution in [2.75, 3.05) is 0 Å². The third-order valence-electron chi connectivity index (χ3n) is 2.92. The van der Waals surface area contributed by atoms with Crippen LogP contribution in [0.15, 0.2) is 36.4 Å². The van der Waals surface area contributed by atoms with Crippen molar-refractivity contribution in [1.29, 1.82) is 0 Å². The van der Waals surface area contributed by atoms with E-state index in [1.165, 1.54) is 6.07 Å². The number of hydrogen-bond donors (Lipinski definition) is 2. The molecule has 0 amide bonds. The summed E-state index contributed by atoms with van der Waals surface area (Å²) in [4.78, 5) is 18.2. The van der Waals surface area contributed by atoms with Crippen LogP contribution in [-0.2, 0) is 0 Å². The molecule has 0 saturated heterocycles. The summed E-state index contributed by atoms with van der Waals surface area (Å²) in [6, 6.07) is 10.1. The first kappa shape index (κ1) is 13.0. The average Bonchev–Trinajstić information content (AvgIpc) is 2.81. The van der Waals surface area contributed by atoms with Crippen LogP contribution < -0.4 is 0 Å². The molecule has 1 heterocycles. The van der Waals surface area contributed by atoms with Gasteiger partial charge in [0.2, 0.25) is 0 Å². The number of carboxylic acid groups (broad SMARTS) is 1. The summed E-state index contributed by atoms with van der Waals surface area (Å²) in [5.41, 5.74) is 1.38. The Hall–Kier alpha value is -1.96. The van der Waals surface area contributed by atoms with Crippen LogP contribution in [0.2, 0.25) is 0 Å². The standard InChI is InChI=1S/C14H8FIN2O2/c15-10-6-12-11(5-9(10)14(19)20)17-13(18-12)7-1-3-8(16)4-2-7/h1-6H,(H,17,18)(H,19,20). The fraction of sp³-hybridized carbons (Fsp3) is 0. The molecule has 0 radical (unpaired) electrons. The van der Waals surface area contributed by atoms with Gasteiger partial charge in [0.05, 0.1) is 16.6 Å². The summed E-state index contributed by atoms with van der Waals surface area (Å²) >= 11 is 2.20. The van der Waals surface area contributed by atoms with Crippen LogP contribution in [0.4, 0.5) is 4.39 Å². The molecule has 100 valence electrons. The molecule has 0 aliphatic heterocycles. The minimum Gasteiger partial charge on any atom is -0.478 e. The first-order valence-electron chi connectivity index (χ1n) is 5.73. The van der Waals surface area contributed by atoms with Crippen molar-refractivity contribution in [3.8, 4) is 11.4 Å². The second-order valence-corrected chi connectivity index (χ2v) is 5.49. The number of carboxylic acids is 1. The molecule has 3 aromatic rings. The van der Waals surface area contributed by atoms with Crippen LogP contribution in [-0.4, -0.2) is 21.0 Å². The van der Waals surface area contributed by atoms with Crippen LogP contribution in [0.25, 0.3) is 22.4 Å². The van der Waals surface area contributed by atoms with Gasteiger partial charge in [-0.3, -0.25) is 0 Å². The number of H-pyrrole nitrogens is 1. The van der Waals surface area contributed by atoms with E-state index < -0.39 is 11.8 Å². The molecule has 2 aromatic carbocycles. The maximum atomic E-state index is 13.6. The lowest BCUT2D eigenvalue weighted by Gasteiger charge is -1.96. The molecule has 20 heavy (non-hydrogen) atoms. The smallest absolute Gasteiger partial charge is 0.338 e. The van der Waals surface area contributed by atoms with Gasteiger partial charge in [0.25, 0.3) is 0 Å². The van der Waals surface area contributed by atoms with Crippen molar-refractivity contribution in [2.45, 2.75) is 0 Å². The van der Waals surface area contributed by atoms with Crippen molar-refractivity contribution in [1.82, 2.24) is 9.97 Å². The number of benzene rings is 2. The lowest BCUT2D eigenvalue weighted by molar-refractivity contribution is 0.0692. The van der Waals surface area contributed by atoms with E-state index in [-0.39, 0.29) is 5.56 Å². The maximum Gasteiger partial charge on any atom is 0.338 e. The maximum absolute atomic E-state index is 13.6. The van der Waals surface area contributed by atoms with Crippen LogP contribution in [0.3, 0.4) is 0 Å². The summed E-state index contributed by atoms with van der Waals surface area (Å²) < 4.78 is 14.7. The number of rotatable bonds is 2. The summed E-state index contributed by atoms with van der Waals surface area (Å²) in [5.74, 6) is -1.50. The molecule has 0 aliphatic rings. The van der Waals surface area contributed by atoms with Gasteiger partial charge < -0.3 is 10.1 Å². The number of nitrogens with zero attached hydrogens (tertiary/aromatic N) is 1. The molecule has 0 fully saturated rings. The number of imidazole rings is 1. The van der Waals surface area contributed by atoms with Crippen LogP contribution in [0, 0.1) is 9.39 Å². The molecule has 0 unspecified atom stereocenters. The third-order valence-corrected chi connectivity index (χ3v) is 3.64. The number of halogens is 2. The van der Waals surface area contributed by atoms with Crippen molar-refractivity contribution in [3.63, 3.8) is 0 Å². The van der Waals surface area contributed by atoms with E-state index in [0.717, 1.165) is 15.2 Å². The Kier molecular flexibility index (Phi) is 3.17. The van der Waals surface area contributed by atoms with E-state index in [9.17, 15) is 9.18 Å². The Morgan fingerprint density at radius 1 is 1.25 bits per heavy atom. The Balaban J connectivity index is 2.15. The molecule has 1 aromatic heterocycles. The van der Waals surface area contributed by atoms with Crippen molar-refractivity contribution in [3.05, 3.63) is 51.3 Å². The van der Waals surface area contributed by atoms with Gasteiger partial charge in [0, 0.05) is 15.2 Å². The summed E-state index contributed by atoms with van der Waals surface area (Å²) in [7, 11) is 0. The highest BCUT2D eigenvalue weighted by atomic mass is 127. The number of carbonyl (C=O) groups is 1. The Bertz CT molecular complexity index is 812. The van der Waals surface area contributed by atoms with Gasteiger partial charge in [-0.15, -0.1) is 0 Å². The highest BCUT2D eigenvalue weighted by molar-refractivity contribution is 14.1. The minimum atomic E-state index is -1.30. The molecule has 0 aliphatic carbocycles. The number of aromatic amines is 1. The zero-order valence-electron chi connectivity index (χ0n) is 10.0. The highest BCUT2D eigenvalue weighted by Crippen LogP contribution is 2.23. The quantitative estimate of drug-likeness (QED) is 0.665. The van der Waals surface area contributed by atoms with Crippen LogP contribution >= 0.6 is 22.6 Å². The van der Waals surface area contributed by atoms with Gasteiger partial charge in [0.1, 0.15) is 11.6 Å². The zero-order chi connectivity index (χ0) is 14.3. The fourth-order valence-electron chi connectivity index (χ4n) is 1.94. The molecular weight excluding hydrogens is 374 g/mol. The topological polar surface area (TPSA) is 66.0 Å². The van der Waals surface area contributed by atoms with E-state index in [0.29, 0.717) is 16.9 Å². The monoisotopic (exact) mass is 382 g/mol.